The van der Waals surface area contributed by atoms with E-state index in [9.17, 15) is 4.79 Å². The van der Waals surface area contributed by atoms with Crippen molar-refractivity contribution in [3.8, 4) is 0 Å². The highest BCUT2D eigenvalue weighted by Crippen LogP contribution is 2.40. The summed E-state index contributed by atoms with van der Waals surface area (Å²) >= 11 is 3.14. The zero-order valence-corrected chi connectivity index (χ0v) is 20.2. The second kappa shape index (κ2) is 8.92. The van der Waals surface area contributed by atoms with Gasteiger partial charge in [-0.2, -0.15) is 5.10 Å². The molecule has 0 N–H and O–H groups in total. The number of carbonyl (C=O) groups excluding carboxylic acids is 1. The van der Waals surface area contributed by atoms with Crippen molar-refractivity contribution >= 4 is 34.7 Å². The molecule has 1 fully saturated rings. The smallest absolute Gasteiger partial charge is 0.253 e. The Morgan fingerprint density at radius 3 is 2.82 bits per heavy atom. The lowest BCUT2D eigenvalue weighted by molar-refractivity contribution is -0.130. The van der Waals surface area contributed by atoms with E-state index in [4.69, 9.17) is 8.83 Å². The molecule has 1 saturated carbocycles. The summed E-state index contributed by atoms with van der Waals surface area (Å²) in [7, 11) is 0. The van der Waals surface area contributed by atoms with Crippen LogP contribution in [0.3, 0.4) is 0 Å². The molecule has 1 atom stereocenters. The average Bonchev–Trinajstić information content (AvgIpc) is 3.42. The van der Waals surface area contributed by atoms with Gasteiger partial charge in [-0.1, -0.05) is 17.8 Å². The fraction of sp³-hybridized carbons (Fsp3) is 0.333. The minimum atomic E-state index is -0.292. The molecule has 0 spiro atoms. The second-order valence-electron chi connectivity index (χ2n) is 8.48. The third kappa shape index (κ3) is 4.23. The Balaban J connectivity index is 1.21. The molecule has 4 aromatic rings. The molecule has 8 nitrogen and oxygen atoms in total. The Hall–Kier alpha value is -3.11. The normalized spacial score (nSPS) is 18.0. The van der Waals surface area contributed by atoms with E-state index < -0.39 is 0 Å². The summed E-state index contributed by atoms with van der Waals surface area (Å²) < 4.78 is 13.6. The highest BCUT2D eigenvalue weighted by molar-refractivity contribution is 7.99. The Morgan fingerprint density at radius 2 is 2.12 bits per heavy atom. The molecular weight excluding hydrogens is 470 g/mol. The van der Waals surface area contributed by atoms with E-state index in [-0.39, 0.29) is 17.7 Å². The number of thiophene rings is 1. The standard InChI is InChI=1S/C24H23N5O3S2/c1-15-6-9-20(32-15)18-13-19(21-5-2-10-31-21)29(27-18)23(30)14-34-24-26-25-22(28(24)16-7-8-16)12-17-4-3-11-33-17/h2-6,9-11,16,19H,7-8,12-14H2,1H3. The van der Waals surface area contributed by atoms with Gasteiger partial charge in [0.25, 0.3) is 5.91 Å². The lowest BCUT2D eigenvalue weighted by Gasteiger charge is -2.19. The summed E-state index contributed by atoms with van der Waals surface area (Å²) in [5, 5.41) is 17.9. The summed E-state index contributed by atoms with van der Waals surface area (Å²) in [6, 6.07) is 11.8. The average molecular weight is 494 g/mol. The van der Waals surface area contributed by atoms with Crippen molar-refractivity contribution in [1.82, 2.24) is 19.8 Å². The van der Waals surface area contributed by atoms with Crippen LogP contribution in [0.4, 0.5) is 0 Å². The second-order valence-corrected chi connectivity index (χ2v) is 10.5. The quantitative estimate of drug-likeness (QED) is 0.312. The van der Waals surface area contributed by atoms with Crippen LogP contribution in [0, 0.1) is 6.92 Å². The van der Waals surface area contributed by atoms with E-state index in [1.54, 1.807) is 17.6 Å². The number of amides is 1. The predicted molar refractivity (Wildman–Crippen MR) is 129 cm³/mol. The van der Waals surface area contributed by atoms with Crippen molar-refractivity contribution in [3.05, 3.63) is 76.0 Å². The molecule has 1 amide bonds. The number of aryl methyl sites for hydroxylation is 1. The van der Waals surface area contributed by atoms with Crippen molar-refractivity contribution in [2.45, 2.75) is 49.8 Å². The van der Waals surface area contributed by atoms with E-state index in [0.717, 1.165) is 41.7 Å². The zero-order chi connectivity index (χ0) is 23.1. The highest BCUT2D eigenvalue weighted by atomic mass is 32.2. The van der Waals surface area contributed by atoms with Crippen LogP contribution in [0.1, 0.15) is 59.3 Å². The van der Waals surface area contributed by atoms with Gasteiger partial charge in [0, 0.05) is 23.8 Å². The molecule has 0 aromatic carbocycles. The molecule has 0 saturated heterocycles. The molecule has 1 aliphatic carbocycles. The van der Waals surface area contributed by atoms with Gasteiger partial charge in [-0.3, -0.25) is 4.79 Å². The first-order valence-electron chi connectivity index (χ1n) is 11.2. The number of hydrogen-bond acceptors (Lipinski definition) is 8. The number of rotatable bonds is 8. The predicted octanol–water partition coefficient (Wildman–Crippen LogP) is 5.23. The molecule has 4 aromatic heterocycles. The lowest BCUT2D eigenvalue weighted by Crippen LogP contribution is -2.28. The van der Waals surface area contributed by atoms with Crippen LogP contribution in [0.5, 0.6) is 0 Å². The topological polar surface area (TPSA) is 89.7 Å². The molecular formula is C24H23N5O3S2. The van der Waals surface area contributed by atoms with Crippen LogP contribution in [0.25, 0.3) is 0 Å². The first-order chi connectivity index (χ1) is 16.7. The van der Waals surface area contributed by atoms with Gasteiger partial charge in [-0.05, 0) is 55.5 Å². The summed E-state index contributed by atoms with van der Waals surface area (Å²) in [5.41, 5.74) is 0.743. The number of thioether (sulfide) groups is 1. The first kappa shape index (κ1) is 21.4. The highest BCUT2D eigenvalue weighted by Gasteiger charge is 2.36. The largest absolute Gasteiger partial charge is 0.467 e. The monoisotopic (exact) mass is 493 g/mol. The van der Waals surface area contributed by atoms with E-state index in [1.165, 1.54) is 21.6 Å². The Bertz CT molecular complexity index is 1320. The van der Waals surface area contributed by atoms with Crippen molar-refractivity contribution in [2.24, 2.45) is 5.10 Å². The summed E-state index contributed by atoms with van der Waals surface area (Å²) in [6.07, 6.45) is 5.17. The molecule has 5 heterocycles. The van der Waals surface area contributed by atoms with E-state index in [0.29, 0.717) is 24.0 Å². The van der Waals surface area contributed by atoms with Gasteiger partial charge in [-0.25, -0.2) is 5.01 Å². The molecule has 1 unspecified atom stereocenters. The fourth-order valence-electron chi connectivity index (χ4n) is 4.17. The minimum Gasteiger partial charge on any atom is -0.467 e. The van der Waals surface area contributed by atoms with E-state index >= 15 is 0 Å². The van der Waals surface area contributed by atoms with Crippen LogP contribution in [0.15, 0.2) is 67.1 Å². The van der Waals surface area contributed by atoms with Crippen LogP contribution in [0.2, 0.25) is 0 Å². The number of aromatic nitrogens is 3. The minimum absolute atomic E-state index is 0.102. The van der Waals surface area contributed by atoms with Crippen molar-refractivity contribution < 1.29 is 13.6 Å². The molecule has 1 aliphatic heterocycles. The van der Waals surface area contributed by atoms with Gasteiger partial charge < -0.3 is 13.4 Å². The van der Waals surface area contributed by atoms with E-state index in [1.807, 2.05) is 31.2 Å². The summed E-state index contributed by atoms with van der Waals surface area (Å²) in [4.78, 5) is 14.6. The van der Waals surface area contributed by atoms with Gasteiger partial charge in [-0.15, -0.1) is 21.5 Å². The number of carbonyl (C=O) groups is 1. The SMILES string of the molecule is Cc1ccc(C2=NN(C(=O)CSc3nnc(Cc4cccs4)n3C3CC3)C(c3ccco3)C2)o1. The van der Waals surface area contributed by atoms with Crippen LogP contribution >= 0.6 is 23.1 Å². The van der Waals surface area contributed by atoms with Gasteiger partial charge >= 0.3 is 0 Å². The van der Waals surface area contributed by atoms with Crippen LogP contribution in [-0.2, 0) is 11.2 Å². The zero-order valence-electron chi connectivity index (χ0n) is 18.6. The summed E-state index contributed by atoms with van der Waals surface area (Å²) in [6.45, 7) is 1.89. The van der Waals surface area contributed by atoms with E-state index in [2.05, 4.69) is 37.4 Å². The number of hydrogen-bond donors (Lipinski definition) is 0. The van der Waals surface area contributed by atoms with Crippen molar-refractivity contribution in [1.29, 1.82) is 0 Å². The summed E-state index contributed by atoms with van der Waals surface area (Å²) in [5.74, 6) is 3.28. The number of furan rings is 2. The van der Waals surface area contributed by atoms with Gasteiger partial charge in [0.05, 0.1) is 12.0 Å². The van der Waals surface area contributed by atoms with Crippen molar-refractivity contribution in [2.75, 3.05) is 5.75 Å². The molecule has 0 bridgehead atoms. The molecule has 0 radical (unpaired) electrons. The van der Waals surface area contributed by atoms with Crippen molar-refractivity contribution in [3.63, 3.8) is 0 Å². The maximum Gasteiger partial charge on any atom is 0.253 e. The number of nitrogens with zero attached hydrogens (tertiary/aromatic N) is 5. The van der Waals surface area contributed by atoms with Crippen LogP contribution < -0.4 is 0 Å². The van der Waals surface area contributed by atoms with Gasteiger partial charge in [0.1, 0.15) is 34.9 Å². The Morgan fingerprint density at radius 1 is 1.21 bits per heavy atom. The fourth-order valence-corrected chi connectivity index (χ4v) is 5.75. The third-order valence-electron chi connectivity index (χ3n) is 5.95. The molecule has 6 rings (SSSR count). The first-order valence-corrected chi connectivity index (χ1v) is 13.1. The maximum atomic E-state index is 13.3. The molecule has 10 heteroatoms. The molecule has 34 heavy (non-hydrogen) atoms. The maximum absolute atomic E-state index is 13.3. The van der Waals surface area contributed by atoms with Gasteiger partial charge in [0.15, 0.2) is 5.16 Å². The third-order valence-corrected chi connectivity index (χ3v) is 7.75. The lowest BCUT2D eigenvalue weighted by atomic mass is 10.1. The molecule has 174 valence electrons. The van der Waals surface area contributed by atoms with Crippen LogP contribution in [-0.4, -0.2) is 37.1 Å². The number of hydrazone groups is 1. The Kier molecular flexibility index (Phi) is 5.62. The van der Waals surface area contributed by atoms with Gasteiger partial charge in [0.2, 0.25) is 0 Å². The Labute approximate surface area is 204 Å². The molecule has 2 aliphatic rings.